The van der Waals surface area contributed by atoms with Crippen molar-refractivity contribution in [1.29, 1.82) is 0 Å². The van der Waals surface area contributed by atoms with Gasteiger partial charge in [0, 0.05) is 39.1 Å². The van der Waals surface area contributed by atoms with Crippen molar-refractivity contribution in [2.45, 2.75) is 64.1 Å². The number of hydrogen-bond acceptors (Lipinski definition) is 4. The molecule has 1 aliphatic carbocycles. The summed E-state index contributed by atoms with van der Waals surface area (Å²) < 4.78 is 1.04. The number of rotatable bonds is 3. The summed E-state index contributed by atoms with van der Waals surface area (Å²) in [7, 11) is 0. The van der Waals surface area contributed by atoms with E-state index >= 15 is 0 Å². The third-order valence-electron chi connectivity index (χ3n) is 5.86. The molecular weight excluding hydrogens is 444 g/mol. The fraction of sp³-hybridized carbons (Fsp3) is 0.435. The second-order valence-electron chi connectivity index (χ2n) is 9.01. The number of carboxylic acid groups (broad SMARTS) is 1. The number of benzene rings is 2. The van der Waals surface area contributed by atoms with E-state index in [0.717, 1.165) is 51.8 Å². The predicted octanol–water partition coefficient (Wildman–Crippen LogP) is 6.05. The highest BCUT2D eigenvalue weighted by Crippen LogP contribution is 2.32. The van der Waals surface area contributed by atoms with Gasteiger partial charge in [0.25, 0.3) is 0 Å². The molecule has 158 valence electrons. The van der Waals surface area contributed by atoms with Crippen LogP contribution in [0.5, 0.6) is 0 Å². The van der Waals surface area contributed by atoms with E-state index in [2.05, 4.69) is 44.4 Å². The van der Waals surface area contributed by atoms with Crippen molar-refractivity contribution >= 4 is 49.6 Å². The van der Waals surface area contributed by atoms with Crippen molar-refractivity contribution in [3.8, 4) is 0 Å². The third kappa shape index (κ3) is 4.08. The first-order valence-corrected chi connectivity index (χ1v) is 11.2. The van der Waals surface area contributed by atoms with Crippen molar-refractivity contribution in [3.05, 3.63) is 41.0 Å². The highest BCUT2D eigenvalue weighted by molar-refractivity contribution is 9.10. The summed E-state index contributed by atoms with van der Waals surface area (Å²) in [5.74, 6) is 0.629. The highest BCUT2D eigenvalue weighted by Gasteiger charge is 2.35. The Labute approximate surface area is 184 Å². The van der Waals surface area contributed by atoms with Crippen LogP contribution >= 0.6 is 15.9 Å². The maximum Gasteiger partial charge on any atom is 0.407 e. The van der Waals surface area contributed by atoms with Crippen LogP contribution in [0, 0.1) is 0 Å². The molecule has 0 spiro atoms. The summed E-state index contributed by atoms with van der Waals surface area (Å²) in [5, 5.41) is 16.4. The zero-order chi connectivity index (χ0) is 21.5. The summed E-state index contributed by atoms with van der Waals surface area (Å²) in [6.45, 7) is 5.87. The van der Waals surface area contributed by atoms with E-state index < -0.39 is 11.6 Å². The molecule has 0 radical (unpaired) electrons. The molecule has 0 unspecified atom stereocenters. The minimum atomic E-state index is -0.838. The Morgan fingerprint density at radius 1 is 1.17 bits per heavy atom. The zero-order valence-corrected chi connectivity index (χ0v) is 19.1. The molecule has 0 saturated heterocycles. The van der Waals surface area contributed by atoms with Crippen molar-refractivity contribution < 1.29 is 9.90 Å². The van der Waals surface area contributed by atoms with Gasteiger partial charge in [-0.05, 0) is 57.9 Å². The molecule has 1 amide bonds. The maximum atomic E-state index is 11.8. The van der Waals surface area contributed by atoms with Gasteiger partial charge in [-0.25, -0.2) is 14.8 Å². The van der Waals surface area contributed by atoms with E-state index in [4.69, 9.17) is 4.98 Å². The number of anilines is 1. The monoisotopic (exact) mass is 470 g/mol. The average Bonchev–Trinajstić information content (AvgIpc) is 2.69. The molecule has 2 aromatic carbocycles. The van der Waals surface area contributed by atoms with E-state index in [1.54, 1.807) is 4.90 Å². The van der Waals surface area contributed by atoms with Gasteiger partial charge in [0.1, 0.15) is 0 Å². The predicted molar refractivity (Wildman–Crippen MR) is 124 cm³/mol. The normalized spacial score (nSPS) is 19.7. The second kappa shape index (κ2) is 8.02. The van der Waals surface area contributed by atoms with Gasteiger partial charge in [-0.1, -0.05) is 40.2 Å². The summed E-state index contributed by atoms with van der Waals surface area (Å²) in [4.78, 5) is 22.7. The molecule has 0 atom stereocenters. The molecule has 2 N–H and O–H groups in total. The number of fused-ring (bicyclic) bond motifs is 3. The number of nitrogens with zero attached hydrogens (tertiary/aromatic N) is 3. The largest absolute Gasteiger partial charge is 0.465 e. The van der Waals surface area contributed by atoms with Gasteiger partial charge in [0.2, 0.25) is 5.95 Å². The molecule has 30 heavy (non-hydrogen) atoms. The van der Waals surface area contributed by atoms with Gasteiger partial charge in [-0.3, -0.25) is 0 Å². The van der Waals surface area contributed by atoms with Crippen LogP contribution in [0.25, 0.3) is 21.7 Å². The Morgan fingerprint density at radius 2 is 1.83 bits per heavy atom. The van der Waals surface area contributed by atoms with Gasteiger partial charge >= 0.3 is 6.09 Å². The van der Waals surface area contributed by atoms with Crippen molar-refractivity contribution in [3.63, 3.8) is 0 Å². The minimum Gasteiger partial charge on any atom is -0.465 e. The number of carbonyl (C=O) groups is 1. The molecular formula is C23H27BrN4O2. The number of hydrogen-bond donors (Lipinski definition) is 2. The van der Waals surface area contributed by atoms with Gasteiger partial charge in [-0.2, -0.15) is 0 Å². The van der Waals surface area contributed by atoms with Crippen LogP contribution in [-0.2, 0) is 0 Å². The maximum absolute atomic E-state index is 11.8. The first-order chi connectivity index (χ1) is 14.2. The molecule has 1 fully saturated rings. The Bertz CT molecular complexity index is 1090. The minimum absolute atomic E-state index is 0.0550. The molecule has 6 nitrogen and oxygen atoms in total. The SMILES string of the molecule is CC(C)(C)N(C(=O)O)C1CCC(Nc2ncc3cc(Br)c4ccccc4c3n2)CC1. The lowest BCUT2D eigenvalue weighted by Gasteiger charge is -2.42. The second-order valence-corrected chi connectivity index (χ2v) is 9.86. The van der Waals surface area contributed by atoms with Crippen LogP contribution in [0.4, 0.5) is 10.7 Å². The lowest BCUT2D eigenvalue weighted by atomic mass is 9.88. The van der Waals surface area contributed by atoms with Crippen LogP contribution in [0.2, 0.25) is 0 Å². The van der Waals surface area contributed by atoms with Crippen LogP contribution in [-0.4, -0.2) is 43.7 Å². The molecule has 4 rings (SSSR count). The molecule has 0 aliphatic heterocycles. The van der Waals surface area contributed by atoms with Gasteiger partial charge < -0.3 is 15.3 Å². The summed E-state index contributed by atoms with van der Waals surface area (Å²) in [6.07, 6.45) is 4.49. The molecule has 1 saturated carbocycles. The van der Waals surface area contributed by atoms with Crippen LogP contribution < -0.4 is 5.32 Å². The topological polar surface area (TPSA) is 78.4 Å². The van der Waals surface area contributed by atoms with E-state index in [1.165, 1.54) is 0 Å². The van der Waals surface area contributed by atoms with Crippen LogP contribution in [0.3, 0.4) is 0 Å². The molecule has 1 aromatic heterocycles. The van der Waals surface area contributed by atoms with E-state index in [-0.39, 0.29) is 12.1 Å². The third-order valence-corrected chi connectivity index (χ3v) is 6.52. The van der Waals surface area contributed by atoms with Crippen LogP contribution in [0.15, 0.2) is 41.0 Å². The Hall–Kier alpha value is -2.41. The smallest absolute Gasteiger partial charge is 0.407 e. The fourth-order valence-corrected chi connectivity index (χ4v) is 5.14. The summed E-state index contributed by atoms with van der Waals surface area (Å²) in [6, 6.07) is 10.6. The highest BCUT2D eigenvalue weighted by atomic mass is 79.9. The van der Waals surface area contributed by atoms with Crippen LogP contribution in [0.1, 0.15) is 46.5 Å². The van der Waals surface area contributed by atoms with Crippen molar-refractivity contribution in [1.82, 2.24) is 14.9 Å². The standard InChI is InChI=1S/C23H27BrN4O2/c1-23(2,3)28(22(29)30)16-10-8-15(9-11-16)26-21-25-13-14-12-19(24)17-6-4-5-7-18(17)20(14)27-21/h4-7,12-13,15-16H,8-11H2,1-3H3,(H,29,30)(H,25,26,27). The summed E-state index contributed by atoms with van der Waals surface area (Å²) in [5.41, 5.74) is 0.540. The lowest BCUT2D eigenvalue weighted by Crippen LogP contribution is -2.52. The quantitative estimate of drug-likeness (QED) is 0.455. The Kier molecular flexibility index (Phi) is 5.57. The number of nitrogens with one attached hydrogen (secondary N) is 1. The van der Waals surface area contributed by atoms with Gasteiger partial charge in [0.05, 0.1) is 5.52 Å². The van der Waals surface area contributed by atoms with Crippen molar-refractivity contribution in [2.24, 2.45) is 0 Å². The van der Waals surface area contributed by atoms with E-state index in [1.807, 2.05) is 39.1 Å². The zero-order valence-electron chi connectivity index (χ0n) is 17.5. The number of amides is 1. The van der Waals surface area contributed by atoms with Gasteiger partial charge in [0.15, 0.2) is 0 Å². The average molecular weight is 471 g/mol. The fourth-order valence-electron chi connectivity index (χ4n) is 4.55. The molecule has 1 heterocycles. The first-order valence-electron chi connectivity index (χ1n) is 10.4. The Morgan fingerprint density at radius 3 is 2.47 bits per heavy atom. The van der Waals surface area contributed by atoms with E-state index in [0.29, 0.717) is 5.95 Å². The first kappa shape index (κ1) is 20.8. The van der Waals surface area contributed by atoms with E-state index in [9.17, 15) is 9.90 Å². The summed E-state index contributed by atoms with van der Waals surface area (Å²) >= 11 is 3.64. The number of halogens is 1. The lowest BCUT2D eigenvalue weighted by molar-refractivity contribution is 0.0556. The van der Waals surface area contributed by atoms with Crippen molar-refractivity contribution in [2.75, 3.05) is 5.32 Å². The van der Waals surface area contributed by atoms with Gasteiger partial charge in [-0.15, -0.1) is 0 Å². The Balaban J connectivity index is 1.51. The molecule has 0 bridgehead atoms. The molecule has 1 aliphatic rings. The number of aromatic nitrogens is 2. The molecule has 3 aromatic rings. The molecule has 7 heteroatoms.